The van der Waals surface area contributed by atoms with Crippen LogP contribution in [0.1, 0.15) is 29.3 Å². The first-order valence-corrected chi connectivity index (χ1v) is 9.89. The van der Waals surface area contributed by atoms with E-state index in [0.29, 0.717) is 41.2 Å². The molecule has 0 radical (unpaired) electrons. The quantitative estimate of drug-likeness (QED) is 0.307. The minimum Gasteiger partial charge on any atom is -0.412 e. The molecule has 11 nitrogen and oxygen atoms in total. The summed E-state index contributed by atoms with van der Waals surface area (Å²) in [6.07, 6.45) is 6.71. The van der Waals surface area contributed by atoms with Crippen LogP contribution in [-0.4, -0.2) is 54.7 Å². The Hall–Kier alpha value is -4.51. The van der Waals surface area contributed by atoms with Gasteiger partial charge in [0.25, 0.3) is 5.91 Å². The summed E-state index contributed by atoms with van der Waals surface area (Å²) in [5.74, 6) is 0.978. The number of fused-ring (bicyclic) bond motifs is 1. The van der Waals surface area contributed by atoms with E-state index in [-0.39, 0.29) is 17.2 Å². The monoisotopic (exact) mass is 446 g/mol. The summed E-state index contributed by atoms with van der Waals surface area (Å²) >= 11 is 0. The number of benzene rings is 1. The average molecular weight is 446 g/mol. The Morgan fingerprint density at radius 1 is 1.09 bits per heavy atom. The van der Waals surface area contributed by atoms with Crippen molar-refractivity contribution in [1.82, 2.24) is 30.0 Å². The first-order valence-electron chi connectivity index (χ1n) is 9.89. The van der Waals surface area contributed by atoms with Gasteiger partial charge >= 0.3 is 0 Å². The number of hydrogen-bond acceptors (Lipinski definition) is 8. The summed E-state index contributed by atoms with van der Waals surface area (Å²) in [6, 6.07) is 12.5. The highest BCUT2D eigenvalue weighted by molar-refractivity contribution is 5.95. The molecule has 168 valence electrons. The van der Waals surface area contributed by atoms with Crippen molar-refractivity contribution in [2.24, 2.45) is 5.10 Å². The van der Waals surface area contributed by atoms with Crippen molar-refractivity contribution in [3.8, 4) is 5.82 Å². The minimum atomic E-state index is -0.221. The van der Waals surface area contributed by atoms with Crippen LogP contribution < -0.4 is 10.7 Å². The van der Waals surface area contributed by atoms with E-state index in [1.165, 1.54) is 13.3 Å². The Morgan fingerprint density at radius 2 is 1.91 bits per heavy atom. The van der Waals surface area contributed by atoms with Gasteiger partial charge < -0.3 is 10.8 Å². The van der Waals surface area contributed by atoms with Crippen molar-refractivity contribution >= 4 is 34.8 Å². The SMILES string of the molecule is CC(=O)CCNC(=O)c1ccc(/C=N/Nc2ncnc3c2cnn3-c2ccccn2)cc1.O. The van der Waals surface area contributed by atoms with E-state index < -0.39 is 0 Å². The smallest absolute Gasteiger partial charge is 0.251 e. The molecular weight excluding hydrogens is 424 g/mol. The highest BCUT2D eigenvalue weighted by Crippen LogP contribution is 2.20. The van der Waals surface area contributed by atoms with Gasteiger partial charge in [-0.15, -0.1) is 0 Å². The summed E-state index contributed by atoms with van der Waals surface area (Å²) < 4.78 is 1.63. The van der Waals surface area contributed by atoms with Crippen LogP contribution in [0.5, 0.6) is 0 Å². The second kappa shape index (κ2) is 10.7. The number of anilines is 1. The van der Waals surface area contributed by atoms with Crippen molar-refractivity contribution in [2.45, 2.75) is 13.3 Å². The van der Waals surface area contributed by atoms with Crippen molar-refractivity contribution in [2.75, 3.05) is 12.0 Å². The zero-order chi connectivity index (χ0) is 22.3. The Labute approximate surface area is 188 Å². The van der Waals surface area contributed by atoms with Gasteiger partial charge in [-0.3, -0.25) is 15.0 Å². The molecule has 4 aromatic rings. The lowest BCUT2D eigenvalue weighted by Crippen LogP contribution is -2.25. The van der Waals surface area contributed by atoms with Gasteiger partial charge in [0.15, 0.2) is 17.3 Å². The molecular formula is C22H22N8O3. The van der Waals surface area contributed by atoms with Crippen molar-refractivity contribution in [1.29, 1.82) is 0 Å². The first-order chi connectivity index (χ1) is 15.6. The second-order valence-electron chi connectivity index (χ2n) is 6.90. The Kier molecular flexibility index (Phi) is 7.50. The molecule has 4 N–H and O–H groups in total. The maximum atomic E-state index is 12.1. The highest BCUT2D eigenvalue weighted by atomic mass is 16.1. The molecule has 1 amide bonds. The number of aromatic nitrogens is 5. The molecule has 4 rings (SSSR count). The van der Waals surface area contributed by atoms with Crippen LogP contribution in [-0.2, 0) is 4.79 Å². The number of carbonyl (C=O) groups excluding carboxylic acids is 2. The molecule has 11 heteroatoms. The minimum absolute atomic E-state index is 0. The predicted octanol–water partition coefficient (Wildman–Crippen LogP) is 1.54. The summed E-state index contributed by atoms with van der Waals surface area (Å²) in [5.41, 5.74) is 4.83. The van der Waals surface area contributed by atoms with Gasteiger partial charge in [0.2, 0.25) is 0 Å². The van der Waals surface area contributed by atoms with E-state index in [4.69, 9.17) is 0 Å². The number of rotatable bonds is 8. The number of nitrogens with zero attached hydrogens (tertiary/aromatic N) is 6. The fraction of sp³-hybridized carbons (Fsp3) is 0.136. The molecule has 0 aliphatic rings. The maximum Gasteiger partial charge on any atom is 0.251 e. The van der Waals surface area contributed by atoms with E-state index in [1.807, 2.05) is 18.2 Å². The van der Waals surface area contributed by atoms with E-state index >= 15 is 0 Å². The standard InChI is InChI=1S/C22H20N8O2.H2O/c1-15(31)9-11-24-22(32)17-7-5-16(6-8-17)12-27-29-20-18-13-28-30(21(18)26-14-25-20)19-4-2-3-10-23-19;/h2-8,10,12-14H,9,11H2,1H3,(H,24,32)(H,25,26,29);1H2/b27-12+;. The van der Waals surface area contributed by atoms with Crippen molar-refractivity contribution in [3.05, 3.63) is 72.3 Å². The second-order valence-corrected chi connectivity index (χ2v) is 6.90. The van der Waals surface area contributed by atoms with E-state index in [1.54, 1.807) is 47.6 Å². The number of pyridine rings is 1. The lowest BCUT2D eigenvalue weighted by Gasteiger charge is -2.04. The summed E-state index contributed by atoms with van der Waals surface area (Å²) in [5, 5.41) is 12.0. The zero-order valence-electron chi connectivity index (χ0n) is 17.8. The van der Waals surface area contributed by atoms with Gasteiger partial charge in [0.1, 0.15) is 12.1 Å². The Balaban J connectivity index is 0.00000306. The van der Waals surface area contributed by atoms with Crippen molar-refractivity contribution in [3.63, 3.8) is 0 Å². The number of carbonyl (C=O) groups is 2. The number of hydrazone groups is 1. The Bertz CT molecular complexity index is 1270. The van der Waals surface area contributed by atoms with E-state index in [0.717, 1.165) is 5.56 Å². The van der Waals surface area contributed by atoms with Gasteiger partial charge in [0, 0.05) is 24.7 Å². The topological polar surface area (TPSA) is 159 Å². The predicted molar refractivity (Wildman–Crippen MR) is 123 cm³/mol. The number of ketones is 1. The molecule has 33 heavy (non-hydrogen) atoms. The molecule has 3 aromatic heterocycles. The largest absolute Gasteiger partial charge is 0.412 e. The van der Waals surface area contributed by atoms with Gasteiger partial charge in [-0.05, 0) is 36.8 Å². The van der Waals surface area contributed by atoms with Crippen molar-refractivity contribution < 1.29 is 15.1 Å². The molecule has 0 bridgehead atoms. The summed E-state index contributed by atoms with van der Waals surface area (Å²) in [7, 11) is 0. The first kappa shape index (κ1) is 23.2. The zero-order valence-corrected chi connectivity index (χ0v) is 17.8. The molecule has 0 saturated carbocycles. The molecule has 1 aromatic carbocycles. The van der Waals surface area contributed by atoms with Crippen LogP contribution >= 0.6 is 0 Å². The summed E-state index contributed by atoms with van der Waals surface area (Å²) in [6.45, 7) is 1.82. The maximum absolute atomic E-state index is 12.1. The van der Waals surface area contributed by atoms with Gasteiger partial charge in [-0.2, -0.15) is 14.9 Å². The van der Waals surface area contributed by atoms with Crippen LogP contribution in [0, 0.1) is 0 Å². The molecule has 3 heterocycles. The average Bonchev–Trinajstić information content (AvgIpc) is 3.25. The van der Waals surface area contributed by atoms with Crippen LogP contribution in [0.3, 0.4) is 0 Å². The van der Waals surface area contributed by atoms with Crippen LogP contribution in [0.2, 0.25) is 0 Å². The fourth-order valence-electron chi connectivity index (χ4n) is 2.92. The van der Waals surface area contributed by atoms with Gasteiger partial charge in [-0.25, -0.2) is 15.0 Å². The molecule has 0 saturated heterocycles. The van der Waals surface area contributed by atoms with Gasteiger partial charge in [0.05, 0.1) is 17.8 Å². The van der Waals surface area contributed by atoms with Crippen LogP contribution in [0.25, 0.3) is 16.9 Å². The normalized spacial score (nSPS) is 10.7. The number of amides is 1. The lowest BCUT2D eigenvalue weighted by molar-refractivity contribution is -0.116. The molecule has 0 aliphatic heterocycles. The van der Waals surface area contributed by atoms with E-state index in [9.17, 15) is 9.59 Å². The number of Topliss-reactive ketones (excluding diaryl/α,β-unsaturated/α-hetero) is 1. The molecule has 0 atom stereocenters. The molecule has 0 aliphatic carbocycles. The van der Waals surface area contributed by atoms with Gasteiger partial charge in [-0.1, -0.05) is 18.2 Å². The highest BCUT2D eigenvalue weighted by Gasteiger charge is 2.11. The summed E-state index contributed by atoms with van der Waals surface area (Å²) in [4.78, 5) is 35.9. The Morgan fingerprint density at radius 3 is 2.64 bits per heavy atom. The van der Waals surface area contributed by atoms with E-state index in [2.05, 4.69) is 35.9 Å². The van der Waals surface area contributed by atoms with Crippen LogP contribution in [0.15, 0.2) is 66.3 Å². The van der Waals surface area contributed by atoms with Crippen LogP contribution in [0.4, 0.5) is 5.82 Å². The third-order valence-corrected chi connectivity index (χ3v) is 4.55. The number of hydrogen-bond donors (Lipinski definition) is 2. The third kappa shape index (κ3) is 5.60. The third-order valence-electron chi connectivity index (χ3n) is 4.55. The molecule has 0 fully saturated rings. The lowest BCUT2D eigenvalue weighted by atomic mass is 10.1. The fourth-order valence-corrected chi connectivity index (χ4v) is 2.92. The molecule has 0 spiro atoms. The molecule has 0 unspecified atom stereocenters. The number of nitrogens with one attached hydrogen (secondary N) is 2.